The number of nitrogen functional groups attached to an aromatic ring is 1. The van der Waals surface area contributed by atoms with E-state index in [2.05, 4.69) is 27.5 Å². The molecule has 18 heavy (non-hydrogen) atoms. The minimum absolute atomic E-state index is 0.208. The first-order chi connectivity index (χ1) is 8.35. The van der Waals surface area contributed by atoms with Crippen LogP contribution >= 0.6 is 0 Å². The van der Waals surface area contributed by atoms with Crippen molar-refractivity contribution in [1.82, 2.24) is 9.97 Å². The van der Waals surface area contributed by atoms with Crippen LogP contribution < -0.4 is 16.4 Å². The molecular formula is C12H23N5O. The minimum Gasteiger partial charge on any atom is -0.391 e. The molecule has 1 rings (SSSR count). The van der Waals surface area contributed by atoms with Crippen LogP contribution in [0.1, 0.15) is 34.1 Å². The molecule has 102 valence electrons. The van der Waals surface area contributed by atoms with Gasteiger partial charge in [-0.05, 0) is 27.2 Å². The molecule has 0 saturated carbocycles. The monoisotopic (exact) mass is 253 g/mol. The van der Waals surface area contributed by atoms with Gasteiger partial charge in [0.1, 0.15) is 11.6 Å². The molecule has 0 aromatic carbocycles. The lowest BCUT2D eigenvalue weighted by atomic mass is 9.99. The van der Waals surface area contributed by atoms with Crippen LogP contribution in [0.15, 0.2) is 6.07 Å². The molecule has 0 bridgehead atoms. The number of nitrogens with zero attached hydrogens (tertiary/aromatic N) is 2. The third-order valence-corrected chi connectivity index (χ3v) is 2.79. The Morgan fingerprint density at radius 3 is 2.56 bits per heavy atom. The van der Waals surface area contributed by atoms with Crippen LogP contribution in [0.3, 0.4) is 0 Å². The average molecular weight is 253 g/mol. The fourth-order valence-electron chi connectivity index (χ4n) is 1.31. The first kappa shape index (κ1) is 14.5. The molecule has 0 spiro atoms. The van der Waals surface area contributed by atoms with Crippen molar-refractivity contribution in [3.63, 3.8) is 0 Å². The summed E-state index contributed by atoms with van der Waals surface area (Å²) in [5, 5.41) is 16.0. The second kappa shape index (κ2) is 5.86. The largest absolute Gasteiger partial charge is 0.391 e. The fourth-order valence-corrected chi connectivity index (χ4v) is 1.31. The van der Waals surface area contributed by atoms with Crippen LogP contribution in [0.2, 0.25) is 0 Å². The van der Waals surface area contributed by atoms with E-state index >= 15 is 0 Å². The lowest BCUT2D eigenvalue weighted by Gasteiger charge is -2.30. The van der Waals surface area contributed by atoms with Crippen LogP contribution in [0.25, 0.3) is 0 Å². The van der Waals surface area contributed by atoms with E-state index in [1.165, 1.54) is 0 Å². The van der Waals surface area contributed by atoms with E-state index in [9.17, 15) is 5.11 Å². The summed E-state index contributed by atoms with van der Waals surface area (Å²) in [6, 6.07) is 1.79. The summed E-state index contributed by atoms with van der Waals surface area (Å²) >= 11 is 0. The molecule has 0 saturated heterocycles. The molecule has 6 heteroatoms. The number of aliphatic hydroxyl groups is 1. The molecule has 6 nitrogen and oxygen atoms in total. The number of hydrogen-bond donors (Lipinski definition) is 4. The van der Waals surface area contributed by atoms with Gasteiger partial charge in [-0.2, -0.15) is 9.97 Å². The van der Waals surface area contributed by atoms with E-state index in [4.69, 9.17) is 5.73 Å². The Balaban J connectivity index is 2.86. The van der Waals surface area contributed by atoms with Crippen molar-refractivity contribution in [1.29, 1.82) is 0 Å². The van der Waals surface area contributed by atoms with Gasteiger partial charge >= 0.3 is 0 Å². The number of aromatic nitrogens is 2. The Morgan fingerprint density at radius 1 is 1.39 bits per heavy atom. The number of aliphatic hydroxyl groups excluding tert-OH is 1. The molecule has 0 aliphatic carbocycles. The molecule has 5 N–H and O–H groups in total. The van der Waals surface area contributed by atoms with Gasteiger partial charge in [0.2, 0.25) is 5.95 Å². The van der Waals surface area contributed by atoms with Gasteiger partial charge in [-0.15, -0.1) is 0 Å². The summed E-state index contributed by atoms with van der Waals surface area (Å²) in [4.78, 5) is 8.21. The highest BCUT2D eigenvalue weighted by molar-refractivity contribution is 5.52. The minimum atomic E-state index is -0.513. The highest BCUT2D eigenvalue weighted by Crippen LogP contribution is 2.19. The highest BCUT2D eigenvalue weighted by atomic mass is 16.3. The quantitative estimate of drug-likeness (QED) is 0.613. The lowest BCUT2D eigenvalue weighted by Crippen LogP contribution is -2.42. The van der Waals surface area contributed by atoms with E-state index in [0.717, 1.165) is 13.0 Å². The Morgan fingerprint density at radius 2 is 2.00 bits per heavy atom. The average Bonchev–Trinajstić information content (AvgIpc) is 2.24. The number of nitrogens with two attached hydrogens (primary N) is 1. The van der Waals surface area contributed by atoms with E-state index < -0.39 is 11.6 Å². The van der Waals surface area contributed by atoms with E-state index in [-0.39, 0.29) is 5.95 Å². The van der Waals surface area contributed by atoms with Crippen molar-refractivity contribution in [2.75, 3.05) is 22.9 Å². The standard InChI is InChI=1S/C12H23N5O/c1-5-6-14-9-7-10(16-11(13)15-9)17-12(3,4)8(2)18/h7-8,18H,5-6H2,1-4H3,(H4,13,14,15,16,17). The first-order valence-corrected chi connectivity index (χ1v) is 6.20. The first-order valence-electron chi connectivity index (χ1n) is 6.20. The van der Waals surface area contributed by atoms with Gasteiger partial charge in [0, 0.05) is 12.6 Å². The summed E-state index contributed by atoms with van der Waals surface area (Å²) in [6.45, 7) is 8.43. The SMILES string of the molecule is CCCNc1cc(NC(C)(C)C(C)O)nc(N)n1. The molecule has 0 aliphatic heterocycles. The van der Waals surface area contributed by atoms with Crippen LogP contribution in [-0.4, -0.2) is 33.3 Å². The predicted molar refractivity (Wildman–Crippen MR) is 74.6 cm³/mol. The molecule has 0 fully saturated rings. The second-order valence-electron chi connectivity index (χ2n) is 4.95. The molecule has 0 amide bonds. The summed E-state index contributed by atoms with van der Waals surface area (Å²) in [5.74, 6) is 1.50. The van der Waals surface area contributed by atoms with E-state index in [1.807, 2.05) is 13.8 Å². The molecule has 1 unspecified atom stereocenters. The van der Waals surface area contributed by atoms with Gasteiger partial charge in [-0.1, -0.05) is 6.92 Å². The second-order valence-corrected chi connectivity index (χ2v) is 4.95. The zero-order valence-corrected chi connectivity index (χ0v) is 11.5. The smallest absolute Gasteiger partial charge is 0.223 e. The van der Waals surface area contributed by atoms with Crippen molar-refractivity contribution in [2.24, 2.45) is 0 Å². The number of hydrogen-bond acceptors (Lipinski definition) is 6. The highest BCUT2D eigenvalue weighted by Gasteiger charge is 2.24. The van der Waals surface area contributed by atoms with Crippen LogP contribution in [-0.2, 0) is 0 Å². The summed E-state index contributed by atoms with van der Waals surface area (Å²) in [6.07, 6.45) is 0.493. The third kappa shape index (κ3) is 4.03. The number of anilines is 3. The van der Waals surface area contributed by atoms with Crippen molar-refractivity contribution < 1.29 is 5.11 Å². The Labute approximate surface area is 108 Å². The zero-order valence-electron chi connectivity index (χ0n) is 11.5. The van der Waals surface area contributed by atoms with Crippen molar-refractivity contribution in [3.8, 4) is 0 Å². The van der Waals surface area contributed by atoms with Gasteiger partial charge in [-0.3, -0.25) is 0 Å². The predicted octanol–water partition coefficient (Wildman–Crippen LogP) is 1.45. The zero-order chi connectivity index (χ0) is 13.8. The van der Waals surface area contributed by atoms with E-state index in [1.54, 1.807) is 13.0 Å². The molecule has 1 aromatic rings. The summed E-state index contributed by atoms with van der Waals surface area (Å²) in [5.41, 5.74) is 5.18. The summed E-state index contributed by atoms with van der Waals surface area (Å²) < 4.78 is 0. The molecule has 0 aliphatic rings. The number of nitrogens with one attached hydrogen (secondary N) is 2. The van der Waals surface area contributed by atoms with Crippen LogP contribution in [0.5, 0.6) is 0 Å². The topological polar surface area (TPSA) is 96.1 Å². The van der Waals surface area contributed by atoms with Crippen LogP contribution in [0, 0.1) is 0 Å². The maximum absolute atomic E-state index is 9.67. The van der Waals surface area contributed by atoms with Crippen molar-refractivity contribution in [3.05, 3.63) is 6.07 Å². The molecule has 1 aromatic heterocycles. The fraction of sp³-hybridized carbons (Fsp3) is 0.667. The molecule has 1 atom stereocenters. The van der Waals surface area contributed by atoms with Gasteiger partial charge < -0.3 is 21.5 Å². The van der Waals surface area contributed by atoms with Crippen molar-refractivity contribution in [2.45, 2.75) is 45.8 Å². The molecule has 0 radical (unpaired) electrons. The van der Waals surface area contributed by atoms with Gasteiger partial charge in [-0.25, -0.2) is 0 Å². The maximum Gasteiger partial charge on any atom is 0.223 e. The lowest BCUT2D eigenvalue weighted by molar-refractivity contribution is 0.133. The maximum atomic E-state index is 9.67. The normalized spacial score (nSPS) is 13.2. The molecule has 1 heterocycles. The van der Waals surface area contributed by atoms with Gasteiger partial charge in [0.25, 0.3) is 0 Å². The molecular weight excluding hydrogens is 230 g/mol. The Kier molecular flexibility index (Phi) is 4.72. The van der Waals surface area contributed by atoms with Gasteiger partial charge in [0.05, 0.1) is 11.6 Å². The summed E-state index contributed by atoms with van der Waals surface area (Å²) in [7, 11) is 0. The van der Waals surface area contributed by atoms with E-state index in [0.29, 0.717) is 11.6 Å². The van der Waals surface area contributed by atoms with Gasteiger partial charge in [0.15, 0.2) is 0 Å². The third-order valence-electron chi connectivity index (χ3n) is 2.79. The Bertz CT molecular complexity index is 392. The van der Waals surface area contributed by atoms with Crippen molar-refractivity contribution >= 4 is 17.6 Å². The Hall–Kier alpha value is -1.56. The number of rotatable bonds is 6. The van der Waals surface area contributed by atoms with Crippen LogP contribution in [0.4, 0.5) is 17.6 Å².